The molecule has 0 radical (unpaired) electrons. The maximum atomic E-state index is 14.3. The number of aliphatic hydroxyl groups excluding tert-OH is 1. The SMILES string of the molecule is Cc1ncsc1-c1ccc(CNC(=O)[C@@H]2C[C@@H](O)CN2C(=O)[C@@H](NC(=O)N2CC(C(=O)NCC3(c4csc(NC(=O)CNC(=O)c5ccn(S(C)(=O)=O)c5)n4)C=CC=C(c4ccccc4)C3)C2)C(C)(C)C)cc1. The fraction of sp³-hybridized carbons (Fsp3) is 0.373. The fourth-order valence-electron chi connectivity index (χ4n) is 8.94. The molecule has 384 valence electrons. The molecule has 2 fully saturated rings. The normalized spacial score (nSPS) is 19.3. The first kappa shape index (κ1) is 52.3. The Kier molecular flexibility index (Phi) is 15.5. The van der Waals surface area contributed by atoms with Crippen molar-refractivity contribution in [2.24, 2.45) is 11.3 Å². The van der Waals surface area contributed by atoms with Crippen molar-refractivity contribution in [1.29, 1.82) is 0 Å². The van der Waals surface area contributed by atoms with Crippen LogP contribution in [0.5, 0.6) is 0 Å². The van der Waals surface area contributed by atoms with Gasteiger partial charge in [-0.05, 0) is 47.1 Å². The van der Waals surface area contributed by atoms with E-state index < -0.39 is 81.2 Å². The summed E-state index contributed by atoms with van der Waals surface area (Å²) in [4.78, 5) is 94.1. The summed E-state index contributed by atoms with van der Waals surface area (Å²) in [5.74, 6) is -2.94. The summed E-state index contributed by atoms with van der Waals surface area (Å²) >= 11 is 2.73. The van der Waals surface area contributed by atoms with Crippen LogP contribution in [0.15, 0.2) is 102 Å². The number of β-amino-alcohol motifs (C(OH)–C–C–N with tert-alkyl or cyclic N) is 1. The number of aromatic nitrogens is 3. The number of anilines is 1. The van der Waals surface area contributed by atoms with Gasteiger partial charge >= 0.3 is 6.03 Å². The zero-order valence-corrected chi connectivity index (χ0v) is 43.4. The van der Waals surface area contributed by atoms with Crippen LogP contribution in [0.3, 0.4) is 0 Å². The Bertz CT molecular complexity index is 3060. The molecule has 0 saturated carbocycles. The zero-order chi connectivity index (χ0) is 52.2. The number of nitrogens with one attached hydrogen (secondary N) is 5. The van der Waals surface area contributed by atoms with Gasteiger partial charge in [-0.1, -0.05) is 93.6 Å². The predicted molar refractivity (Wildman–Crippen MR) is 278 cm³/mol. The van der Waals surface area contributed by atoms with Gasteiger partial charge in [0.15, 0.2) is 5.13 Å². The van der Waals surface area contributed by atoms with Crippen LogP contribution in [0.2, 0.25) is 0 Å². The highest BCUT2D eigenvalue weighted by atomic mass is 32.2. The summed E-state index contributed by atoms with van der Waals surface area (Å²) in [7, 11) is -3.59. The molecule has 8 rings (SSSR count). The number of carbonyl (C=O) groups is 6. The van der Waals surface area contributed by atoms with E-state index in [1.807, 2.05) is 79.7 Å². The molecule has 2 aromatic carbocycles. The third-order valence-electron chi connectivity index (χ3n) is 13.1. The van der Waals surface area contributed by atoms with Gasteiger partial charge in [-0.3, -0.25) is 27.9 Å². The van der Waals surface area contributed by atoms with Crippen molar-refractivity contribution < 1.29 is 42.3 Å². The van der Waals surface area contributed by atoms with Crippen LogP contribution >= 0.6 is 22.7 Å². The minimum absolute atomic E-state index is 0.0478. The average molecular weight is 1050 g/mol. The third-order valence-corrected chi connectivity index (χ3v) is 15.9. The van der Waals surface area contributed by atoms with Gasteiger partial charge in [0.25, 0.3) is 5.91 Å². The number of hydrogen-bond acceptors (Lipinski definition) is 13. The van der Waals surface area contributed by atoms with Gasteiger partial charge in [0.05, 0.1) is 57.6 Å². The van der Waals surface area contributed by atoms with Crippen LogP contribution in [-0.4, -0.2) is 130 Å². The van der Waals surface area contributed by atoms with Gasteiger partial charge in [-0.25, -0.2) is 23.2 Å². The molecule has 5 aromatic rings. The Labute approximate surface area is 431 Å². The number of benzene rings is 2. The second-order valence-electron chi connectivity index (χ2n) is 19.7. The van der Waals surface area contributed by atoms with Crippen molar-refractivity contribution in [3.63, 3.8) is 0 Å². The Hall–Kier alpha value is -7.01. The van der Waals surface area contributed by atoms with Gasteiger partial charge in [0, 0.05) is 56.9 Å². The predicted octanol–water partition coefficient (Wildman–Crippen LogP) is 4.28. The fourth-order valence-corrected chi connectivity index (χ4v) is 11.2. The third kappa shape index (κ3) is 12.3. The molecule has 6 N–H and O–H groups in total. The monoisotopic (exact) mass is 1050 g/mol. The molecule has 7 amide bonds. The first-order valence-electron chi connectivity index (χ1n) is 23.6. The molecule has 4 atom stereocenters. The molecule has 3 aromatic heterocycles. The van der Waals surface area contributed by atoms with Gasteiger partial charge in [0.2, 0.25) is 33.7 Å². The highest BCUT2D eigenvalue weighted by Crippen LogP contribution is 2.40. The summed E-state index contributed by atoms with van der Waals surface area (Å²) in [6.45, 7) is 7.42. The topological polar surface area (TPSA) is 254 Å². The van der Waals surface area contributed by atoms with Gasteiger partial charge in [-0.15, -0.1) is 22.7 Å². The second-order valence-corrected chi connectivity index (χ2v) is 23.3. The van der Waals surface area contributed by atoms with E-state index >= 15 is 0 Å². The Morgan fingerprint density at radius 1 is 0.918 bits per heavy atom. The number of rotatable bonds is 16. The summed E-state index contributed by atoms with van der Waals surface area (Å²) in [5, 5.41) is 26.9. The number of aryl methyl sites for hydroxylation is 1. The molecule has 3 aliphatic rings. The number of hydrogen-bond donors (Lipinski definition) is 6. The number of likely N-dealkylation sites (tertiary alicyclic amines) is 2. The Morgan fingerprint density at radius 2 is 1.66 bits per heavy atom. The zero-order valence-electron chi connectivity index (χ0n) is 41.0. The molecule has 1 unspecified atom stereocenters. The molecule has 5 heterocycles. The van der Waals surface area contributed by atoms with Crippen LogP contribution < -0.4 is 26.6 Å². The molecule has 2 aliphatic heterocycles. The minimum Gasteiger partial charge on any atom is -0.391 e. The van der Waals surface area contributed by atoms with Gasteiger partial charge in [-0.2, -0.15) is 0 Å². The maximum absolute atomic E-state index is 14.3. The number of urea groups is 1. The molecular formula is C51H58N10O9S3. The van der Waals surface area contributed by atoms with Crippen LogP contribution in [0.25, 0.3) is 16.0 Å². The van der Waals surface area contributed by atoms with E-state index in [4.69, 9.17) is 4.98 Å². The van der Waals surface area contributed by atoms with Crippen LogP contribution in [0.4, 0.5) is 9.93 Å². The molecule has 0 spiro atoms. The molecule has 19 nitrogen and oxygen atoms in total. The Balaban J connectivity index is 0.864. The number of aliphatic hydroxyl groups is 1. The second kappa shape index (κ2) is 21.6. The Morgan fingerprint density at radius 3 is 2.33 bits per heavy atom. The lowest BCUT2D eigenvalue weighted by molar-refractivity contribution is -0.142. The summed E-state index contributed by atoms with van der Waals surface area (Å²) < 4.78 is 24.5. The lowest BCUT2D eigenvalue weighted by atomic mass is 9.74. The highest BCUT2D eigenvalue weighted by molar-refractivity contribution is 7.89. The van der Waals surface area contributed by atoms with E-state index in [2.05, 4.69) is 31.6 Å². The summed E-state index contributed by atoms with van der Waals surface area (Å²) in [6, 6.07) is 16.4. The summed E-state index contributed by atoms with van der Waals surface area (Å²) in [5.41, 5.74) is 5.63. The molecule has 2 saturated heterocycles. The first-order chi connectivity index (χ1) is 34.7. The van der Waals surface area contributed by atoms with Crippen LogP contribution in [-0.2, 0) is 41.2 Å². The highest BCUT2D eigenvalue weighted by Gasteiger charge is 2.46. The van der Waals surface area contributed by atoms with Crippen LogP contribution in [0.1, 0.15) is 66.5 Å². The number of allylic oxidation sites excluding steroid dienone is 3. The van der Waals surface area contributed by atoms with E-state index in [-0.39, 0.29) is 55.7 Å². The van der Waals surface area contributed by atoms with Crippen LogP contribution in [0, 0.1) is 18.3 Å². The lowest BCUT2D eigenvalue weighted by Gasteiger charge is -2.41. The molecule has 0 bridgehead atoms. The smallest absolute Gasteiger partial charge is 0.318 e. The van der Waals surface area contributed by atoms with Crippen molar-refractivity contribution in [2.75, 3.05) is 44.3 Å². The van der Waals surface area contributed by atoms with Crippen molar-refractivity contribution in [3.8, 4) is 10.4 Å². The van der Waals surface area contributed by atoms with Gasteiger partial charge in [0.1, 0.15) is 12.1 Å². The standard InChI is InChI=1S/C51H58N10O9S3/c1-31-42(72-30-55-31)34-15-13-32(14-16-34)22-52-46(66)39-20-38(62)27-61(39)47(67)43(50(2,3)4)58-49(68)59-24-37(25-59)45(65)54-29-51(18-9-12-35(21-51)33-10-7-6-8-11-33)40-28-71-48(56-40)57-41(63)23-53-44(64)36-17-19-60(26-36)73(5,69)70/h6-19,26,28,30,37-39,43,62H,20-25,27,29H2,1-5H3,(H,52,66)(H,53,64)(H,54,65)(H,58,68)(H,56,57,63)/t38-,39+,43-,51?/m1/s1. The van der Waals surface area contributed by atoms with E-state index in [9.17, 15) is 42.3 Å². The lowest BCUT2D eigenvalue weighted by Crippen LogP contribution is -2.63. The van der Waals surface area contributed by atoms with Crippen molar-refractivity contribution in [1.82, 2.24) is 45.0 Å². The largest absolute Gasteiger partial charge is 0.391 e. The number of nitrogens with zero attached hydrogens (tertiary/aromatic N) is 5. The van der Waals surface area contributed by atoms with Crippen molar-refractivity contribution >= 4 is 79.0 Å². The molecular weight excluding hydrogens is 993 g/mol. The quantitative estimate of drug-likeness (QED) is 0.0814. The molecule has 1 aliphatic carbocycles. The number of thiazole rings is 2. The number of carbonyl (C=O) groups excluding carboxylic acids is 6. The average Bonchev–Trinajstić information content (AvgIpc) is 4.19. The minimum atomic E-state index is -3.59. The first-order valence-corrected chi connectivity index (χ1v) is 27.2. The van der Waals surface area contributed by atoms with E-state index in [0.29, 0.717) is 12.1 Å². The molecule has 22 heteroatoms. The number of amides is 7. The van der Waals surface area contributed by atoms with Gasteiger partial charge < -0.3 is 41.5 Å². The van der Waals surface area contributed by atoms with E-state index in [0.717, 1.165) is 49.3 Å². The van der Waals surface area contributed by atoms with Crippen molar-refractivity contribution in [3.05, 3.63) is 130 Å². The molecule has 73 heavy (non-hydrogen) atoms. The van der Waals surface area contributed by atoms with Crippen molar-refractivity contribution in [2.45, 2.75) is 70.7 Å². The summed E-state index contributed by atoms with van der Waals surface area (Å²) in [6.07, 6.45) is 8.85. The van der Waals surface area contributed by atoms with E-state index in [1.165, 1.54) is 33.4 Å². The maximum Gasteiger partial charge on any atom is 0.318 e. The van der Waals surface area contributed by atoms with E-state index in [1.54, 1.807) is 43.0 Å².